The van der Waals surface area contributed by atoms with Crippen LogP contribution in [0.3, 0.4) is 0 Å². The summed E-state index contributed by atoms with van der Waals surface area (Å²) < 4.78 is 0. The van der Waals surface area contributed by atoms with Gasteiger partial charge in [0.05, 0.1) is 19.3 Å². The van der Waals surface area contributed by atoms with Crippen molar-refractivity contribution in [3.63, 3.8) is 0 Å². The topological polar surface area (TPSA) is 85.3 Å². The molecule has 0 heterocycles. The summed E-state index contributed by atoms with van der Waals surface area (Å²) >= 11 is 0. The number of rotatable bonds is 10. The molecule has 0 aliphatic rings. The van der Waals surface area contributed by atoms with Gasteiger partial charge in [0.1, 0.15) is 23.1 Å². The monoisotopic (exact) mass is 302 g/mol. The van der Waals surface area contributed by atoms with E-state index in [1.807, 2.05) is 0 Å². The summed E-state index contributed by atoms with van der Waals surface area (Å²) in [7, 11) is 0. The smallest absolute Gasteiger partial charge is 0.170 e. The lowest BCUT2D eigenvalue weighted by molar-refractivity contribution is -0.130. The van der Waals surface area contributed by atoms with Crippen LogP contribution in [-0.2, 0) is 19.2 Å². The molecule has 1 rings (SSSR count). The zero-order chi connectivity index (χ0) is 16.5. The SMILES string of the molecule is CC(=O)CC(=O)CC(=O)CCC(=O)CC(=O)c1ccccc1. The van der Waals surface area contributed by atoms with Crippen LogP contribution < -0.4 is 0 Å². The van der Waals surface area contributed by atoms with Gasteiger partial charge in [-0.3, -0.25) is 24.0 Å². The van der Waals surface area contributed by atoms with E-state index >= 15 is 0 Å². The van der Waals surface area contributed by atoms with Crippen LogP contribution in [0, 0.1) is 0 Å². The summed E-state index contributed by atoms with van der Waals surface area (Å²) in [6.07, 6.45) is -0.986. The minimum absolute atomic E-state index is 0.0647. The van der Waals surface area contributed by atoms with Crippen molar-refractivity contribution in [1.29, 1.82) is 0 Å². The van der Waals surface area contributed by atoms with Crippen molar-refractivity contribution in [2.45, 2.75) is 39.0 Å². The molecular weight excluding hydrogens is 284 g/mol. The Morgan fingerprint density at radius 2 is 1.27 bits per heavy atom. The molecule has 0 saturated carbocycles. The zero-order valence-electron chi connectivity index (χ0n) is 12.5. The van der Waals surface area contributed by atoms with Gasteiger partial charge in [-0.25, -0.2) is 0 Å². The van der Waals surface area contributed by atoms with E-state index in [2.05, 4.69) is 0 Å². The second kappa shape index (κ2) is 8.77. The van der Waals surface area contributed by atoms with Crippen LogP contribution in [0.2, 0.25) is 0 Å². The Bertz CT molecular complexity index is 586. The van der Waals surface area contributed by atoms with Gasteiger partial charge in [-0.15, -0.1) is 0 Å². The van der Waals surface area contributed by atoms with E-state index in [-0.39, 0.29) is 55.2 Å². The summed E-state index contributed by atoms with van der Waals surface area (Å²) in [5, 5.41) is 0. The first kappa shape index (κ1) is 17.6. The molecule has 5 heteroatoms. The highest BCUT2D eigenvalue weighted by molar-refractivity contribution is 6.10. The van der Waals surface area contributed by atoms with Crippen molar-refractivity contribution < 1.29 is 24.0 Å². The molecule has 1 aromatic rings. The third-order valence-electron chi connectivity index (χ3n) is 2.98. The van der Waals surface area contributed by atoms with E-state index in [0.29, 0.717) is 5.56 Å². The van der Waals surface area contributed by atoms with Crippen LogP contribution in [0.1, 0.15) is 49.4 Å². The number of hydrogen-bond donors (Lipinski definition) is 0. The molecule has 0 radical (unpaired) electrons. The molecule has 0 atom stereocenters. The Labute approximate surface area is 128 Å². The van der Waals surface area contributed by atoms with Crippen LogP contribution >= 0.6 is 0 Å². The average Bonchev–Trinajstić information content (AvgIpc) is 2.45. The largest absolute Gasteiger partial charge is 0.300 e. The van der Waals surface area contributed by atoms with E-state index < -0.39 is 5.78 Å². The third kappa shape index (κ3) is 6.83. The highest BCUT2D eigenvalue weighted by atomic mass is 16.2. The Kier molecular flexibility index (Phi) is 7.02. The molecule has 0 spiro atoms. The second-order valence-electron chi connectivity index (χ2n) is 5.14. The molecule has 0 aliphatic carbocycles. The second-order valence-corrected chi connectivity index (χ2v) is 5.14. The lowest BCUT2D eigenvalue weighted by Gasteiger charge is -2.01. The molecule has 0 aromatic heterocycles. The summed E-state index contributed by atoms with van der Waals surface area (Å²) in [4.78, 5) is 57.0. The first-order valence-corrected chi connectivity index (χ1v) is 7.01. The predicted molar refractivity (Wildman–Crippen MR) is 79.6 cm³/mol. The fourth-order valence-electron chi connectivity index (χ4n) is 1.92. The molecule has 1 aromatic carbocycles. The summed E-state index contributed by atoms with van der Waals surface area (Å²) in [5.41, 5.74) is 0.457. The minimum Gasteiger partial charge on any atom is -0.300 e. The molecule has 0 aliphatic heterocycles. The average molecular weight is 302 g/mol. The first-order chi connectivity index (χ1) is 10.4. The number of carbonyl (C=O) groups excluding carboxylic acids is 5. The normalized spacial score (nSPS) is 10.0. The Balaban J connectivity index is 2.34. The van der Waals surface area contributed by atoms with Crippen molar-refractivity contribution in [2.75, 3.05) is 0 Å². The van der Waals surface area contributed by atoms with Crippen molar-refractivity contribution in [2.24, 2.45) is 0 Å². The number of benzene rings is 1. The van der Waals surface area contributed by atoms with Gasteiger partial charge in [0.25, 0.3) is 0 Å². The Hall–Kier alpha value is -2.43. The van der Waals surface area contributed by atoms with Gasteiger partial charge in [-0.1, -0.05) is 30.3 Å². The van der Waals surface area contributed by atoms with Gasteiger partial charge < -0.3 is 0 Å². The fourth-order valence-corrected chi connectivity index (χ4v) is 1.92. The van der Waals surface area contributed by atoms with Gasteiger partial charge in [0.2, 0.25) is 0 Å². The number of hydrogen-bond acceptors (Lipinski definition) is 5. The Morgan fingerprint density at radius 3 is 1.82 bits per heavy atom. The molecular formula is C17H18O5. The molecule has 0 fully saturated rings. The van der Waals surface area contributed by atoms with E-state index in [1.54, 1.807) is 30.3 Å². The molecule has 0 unspecified atom stereocenters. The molecule has 0 saturated heterocycles. The van der Waals surface area contributed by atoms with Crippen molar-refractivity contribution in [3.8, 4) is 0 Å². The van der Waals surface area contributed by atoms with Crippen LogP contribution in [0.5, 0.6) is 0 Å². The van der Waals surface area contributed by atoms with Crippen LogP contribution in [0.25, 0.3) is 0 Å². The van der Waals surface area contributed by atoms with Crippen molar-refractivity contribution in [3.05, 3.63) is 35.9 Å². The van der Waals surface area contributed by atoms with E-state index in [1.165, 1.54) is 6.92 Å². The van der Waals surface area contributed by atoms with Gasteiger partial charge in [0, 0.05) is 18.4 Å². The quantitative estimate of drug-likeness (QED) is 0.488. The number of ketones is 5. The summed E-state index contributed by atoms with van der Waals surface area (Å²) in [6.45, 7) is 1.28. The highest BCUT2D eigenvalue weighted by Crippen LogP contribution is 2.07. The lowest BCUT2D eigenvalue weighted by atomic mass is 10.0. The summed E-state index contributed by atoms with van der Waals surface area (Å²) in [5.74, 6) is -1.73. The third-order valence-corrected chi connectivity index (χ3v) is 2.98. The zero-order valence-corrected chi connectivity index (χ0v) is 12.5. The minimum atomic E-state index is -0.440. The maximum absolute atomic E-state index is 11.8. The van der Waals surface area contributed by atoms with E-state index in [0.717, 1.165) is 0 Å². The fraction of sp³-hybridized carbons (Fsp3) is 0.353. The van der Waals surface area contributed by atoms with E-state index in [9.17, 15) is 24.0 Å². The molecule has 0 N–H and O–H groups in total. The van der Waals surface area contributed by atoms with Crippen LogP contribution in [0.4, 0.5) is 0 Å². The lowest BCUT2D eigenvalue weighted by Crippen LogP contribution is -2.13. The van der Waals surface area contributed by atoms with Crippen LogP contribution in [-0.4, -0.2) is 28.9 Å². The van der Waals surface area contributed by atoms with Gasteiger partial charge >= 0.3 is 0 Å². The summed E-state index contributed by atoms with van der Waals surface area (Å²) in [6, 6.07) is 8.45. The van der Waals surface area contributed by atoms with E-state index in [4.69, 9.17) is 0 Å². The number of Topliss-reactive ketones (excluding diaryl/α,β-unsaturated/α-hetero) is 5. The van der Waals surface area contributed by atoms with Crippen molar-refractivity contribution >= 4 is 28.9 Å². The maximum Gasteiger partial charge on any atom is 0.170 e. The predicted octanol–water partition coefficient (Wildman–Crippen LogP) is 2.12. The highest BCUT2D eigenvalue weighted by Gasteiger charge is 2.15. The first-order valence-electron chi connectivity index (χ1n) is 7.01. The van der Waals surface area contributed by atoms with Crippen LogP contribution in [0.15, 0.2) is 30.3 Å². The van der Waals surface area contributed by atoms with Gasteiger partial charge in [-0.2, -0.15) is 0 Å². The molecule has 0 bridgehead atoms. The number of carbonyl (C=O) groups is 5. The van der Waals surface area contributed by atoms with Crippen molar-refractivity contribution in [1.82, 2.24) is 0 Å². The van der Waals surface area contributed by atoms with Gasteiger partial charge in [-0.05, 0) is 6.92 Å². The standard InChI is InChI=1S/C17H18O5/c1-12(18)9-16(21)10-14(19)7-8-15(20)11-17(22)13-5-3-2-4-6-13/h2-6H,7-11H2,1H3. The molecule has 0 amide bonds. The molecule has 116 valence electrons. The maximum atomic E-state index is 11.8. The molecule has 5 nitrogen and oxygen atoms in total. The Morgan fingerprint density at radius 1 is 0.727 bits per heavy atom. The van der Waals surface area contributed by atoms with Gasteiger partial charge in [0.15, 0.2) is 5.78 Å². The molecule has 22 heavy (non-hydrogen) atoms.